The first-order chi connectivity index (χ1) is 13.9. The third-order valence-corrected chi connectivity index (χ3v) is 4.15. The first-order valence-corrected chi connectivity index (χ1v) is 9.43. The van der Waals surface area contributed by atoms with Crippen molar-refractivity contribution in [1.82, 2.24) is 10.6 Å². The minimum Gasteiger partial charge on any atom is -0.493 e. The van der Waals surface area contributed by atoms with Crippen LogP contribution in [0, 0.1) is 0 Å². The zero-order valence-corrected chi connectivity index (χ0v) is 18.0. The maximum atomic E-state index is 12.5. The van der Waals surface area contributed by atoms with Gasteiger partial charge in [-0.2, -0.15) is 0 Å². The molecule has 0 heterocycles. The van der Waals surface area contributed by atoms with Gasteiger partial charge in [0.05, 0.1) is 27.4 Å². The molecule has 0 saturated heterocycles. The van der Waals surface area contributed by atoms with Crippen LogP contribution >= 0.6 is 12.2 Å². The van der Waals surface area contributed by atoms with Crippen LogP contribution in [0.2, 0.25) is 0 Å². The van der Waals surface area contributed by atoms with Gasteiger partial charge in [0.1, 0.15) is 5.75 Å². The Bertz CT molecular complexity index is 828. The molecule has 8 heteroatoms. The van der Waals surface area contributed by atoms with E-state index in [9.17, 15) is 4.79 Å². The van der Waals surface area contributed by atoms with Crippen molar-refractivity contribution in [3.63, 3.8) is 0 Å². The Hall–Kier alpha value is -3.00. The summed E-state index contributed by atoms with van der Waals surface area (Å²) in [4.78, 5) is 12.5. The first kappa shape index (κ1) is 22.3. The summed E-state index contributed by atoms with van der Waals surface area (Å²) in [6.07, 6.45) is 0.122. The molecule has 0 bridgehead atoms. The van der Waals surface area contributed by atoms with Crippen molar-refractivity contribution >= 4 is 23.2 Å². The lowest BCUT2D eigenvalue weighted by atomic mass is 10.1. The quantitative estimate of drug-likeness (QED) is 0.637. The van der Waals surface area contributed by atoms with E-state index in [1.807, 2.05) is 38.1 Å². The van der Waals surface area contributed by atoms with Crippen LogP contribution < -0.4 is 29.6 Å². The molecule has 29 heavy (non-hydrogen) atoms. The Morgan fingerprint density at radius 2 is 1.59 bits per heavy atom. The Labute approximate surface area is 176 Å². The molecule has 0 aliphatic heterocycles. The largest absolute Gasteiger partial charge is 0.493 e. The molecule has 0 saturated carbocycles. The van der Waals surface area contributed by atoms with E-state index in [0.717, 1.165) is 11.3 Å². The fraction of sp³-hybridized carbons (Fsp3) is 0.333. The van der Waals surface area contributed by atoms with Gasteiger partial charge in [-0.3, -0.25) is 10.1 Å². The van der Waals surface area contributed by atoms with Crippen molar-refractivity contribution in [3.8, 4) is 23.0 Å². The monoisotopic (exact) mass is 418 g/mol. The number of thiocarbonyl (C=S) groups is 1. The van der Waals surface area contributed by atoms with E-state index >= 15 is 0 Å². The van der Waals surface area contributed by atoms with Crippen LogP contribution in [0.15, 0.2) is 36.4 Å². The van der Waals surface area contributed by atoms with E-state index in [4.69, 9.17) is 31.2 Å². The number of hydrogen-bond acceptors (Lipinski definition) is 6. The molecule has 0 unspecified atom stereocenters. The summed E-state index contributed by atoms with van der Waals surface area (Å²) in [6.45, 7) is 4.42. The Morgan fingerprint density at radius 1 is 1.00 bits per heavy atom. The van der Waals surface area contributed by atoms with Crippen molar-refractivity contribution in [1.29, 1.82) is 0 Å². The van der Waals surface area contributed by atoms with Gasteiger partial charge >= 0.3 is 0 Å². The maximum Gasteiger partial charge on any atom is 0.257 e. The lowest BCUT2D eigenvalue weighted by molar-refractivity contribution is 0.0976. The topological polar surface area (TPSA) is 78.1 Å². The molecule has 2 aromatic carbocycles. The predicted octanol–water partition coefficient (Wildman–Crippen LogP) is 3.30. The number of hydrogen-bond donors (Lipinski definition) is 2. The van der Waals surface area contributed by atoms with E-state index in [0.29, 0.717) is 29.4 Å². The first-order valence-electron chi connectivity index (χ1n) is 9.02. The molecule has 2 N–H and O–H groups in total. The molecule has 0 spiro atoms. The third kappa shape index (κ3) is 6.25. The number of amides is 1. The van der Waals surface area contributed by atoms with Gasteiger partial charge < -0.3 is 24.3 Å². The van der Waals surface area contributed by atoms with Gasteiger partial charge in [0.15, 0.2) is 16.6 Å². The SMILES string of the molecule is COc1cc(C(=O)NC(=S)NCc2ccc(OC(C)C)cc2)cc(OC)c1OC. The highest BCUT2D eigenvalue weighted by Crippen LogP contribution is 2.38. The third-order valence-electron chi connectivity index (χ3n) is 3.90. The Balaban J connectivity index is 1.97. The fourth-order valence-corrected chi connectivity index (χ4v) is 2.74. The molecule has 7 nitrogen and oxygen atoms in total. The number of carbonyl (C=O) groups excluding carboxylic acids is 1. The number of carbonyl (C=O) groups is 1. The molecular formula is C21H26N2O5S. The van der Waals surface area contributed by atoms with Crippen molar-refractivity contribution in [2.75, 3.05) is 21.3 Å². The van der Waals surface area contributed by atoms with E-state index in [1.54, 1.807) is 12.1 Å². The molecule has 0 fully saturated rings. The second-order valence-corrected chi connectivity index (χ2v) is 6.77. The molecule has 0 aromatic heterocycles. The fourth-order valence-electron chi connectivity index (χ4n) is 2.57. The lowest BCUT2D eigenvalue weighted by Crippen LogP contribution is -2.38. The minimum atomic E-state index is -0.387. The number of benzene rings is 2. The maximum absolute atomic E-state index is 12.5. The van der Waals surface area contributed by atoms with Gasteiger partial charge in [-0.15, -0.1) is 0 Å². The summed E-state index contributed by atoms with van der Waals surface area (Å²) < 4.78 is 21.4. The molecule has 0 aliphatic rings. The second-order valence-electron chi connectivity index (χ2n) is 6.36. The van der Waals surface area contributed by atoms with Gasteiger partial charge in [-0.1, -0.05) is 12.1 Å². The number of rotatable bonds is 8. The summed E-state index contributed by atoms with van der Waals surface area (Å²) in [5.41, 5.74) is 1.34. The van der Waals surface area contributed by atoms with Crippen LogP contribution in [0.5, 0.6) is 23.0 Å². The van der Waals surface area contributed by atoms with Crippen LogP contribution in [-0.2, 0) is 6.54 Å². The number of ether oxygens (including phenoxy) is 4. The molecule has 156 valence electrons. The zero-order chi connectivity index (χ0) is 21.4. The van der Waals surface area contributed by atoms with Crippen molar-refractivity contribution in [2.24, 2.45) is 0 Å². The summed E-state index contributed by atoms with van der Waals surface area (Å²) in [6, 6.07) is 10.8. The van der Waals surface area contributed by atoms with Crippen molar-refractivity contribution in [2.45, 2.75) is 26.5 Å². The van der Waals surface area contributed by atoms with Crippen LogP contribution in [0.1, 0.15) is 29.8 Å². The molecule has 2 rings (SSSR count). The smallest absolute Gasteiger partial charge is 0.257 e. The lowest BCUT2D eigenvalue weighted by Gasteiger charge is -2.15. The predicted molar refractivity (Wildman–Crippen MR) is 115 cm³/mol. The highest BCUT2D eigenvalue weighted by atomic mass is 32.1. The van der Waals surface area contributed by atoms with Crippen LogP contribution in [0.3, 0.4) is 0 Å². The summed E-state index contributed by atoms with van der Waals surface area (Å²) in [7, 11) is 4.48. The Kier molecular flexibility index (Phi) is 8.09. The van der Waals surface area contributed by atoms with Gasteiger partial charge in [0, 0.05) is 12.1 Å². The molecule has 0 radical (unpaired) electrons. The average molecular weight is 419 g/mol. The standard InChI is InChI=1S/C21H26N2O5S/c1-13(2)28-16-8-6-14(7-9-16)12-22-21(29)23-20(24)15-10-17(25-3)19(27-5)18(11-15)26-4/h6-11,13H,12H2,1-5H3,(H2,22,23,24,29). The molecule has 0 atom stereocenters. The number of methoxy groups -OCH3 is 3. The minimum absolute atomic E-state index is 0.122. The van der Waals surface area contributed by atoms with E-state index in [1.165, 1.54) is 21.3 Å². The molecule has 0 aliphatic carbocycles. The van der Waals surface area contributed by atoms with E-state index < -0.39 is 0 Å². The highest BCUT2D eigenvalue weighted by molar-refractivity contribution is 7.80. The van der Waals surface area contributed by atoms with E-state index in [2.05, 4.69) is 10.6 Å². The molecule has 1 amide bonds. The van der Waals surface area contributed by atoms with Crippen LogP contribution in [-0.4, -0.2) is 38.5 Å². The Morgan fingerprint density at radius 3 is 2.07 bits per heavy atom. The molecular weight excluding hydrogens is 392 g/mol. The summed E-state index contributed by atoms with van der Waals surface area (Å²) in [5, 5.41) is 5.87. The molecule has 2 aromatic rings. The number of nitrogens with one attached hydrogen (secondary N) is 2. The second kappa shape index (κ2) is 10.5. The van der Waals surface area contributed by atoms with E-state index in [-0.39, 0.29) is 17.1 Å². The van der Waals surface area contributed by atoms with Crippen LogP contribution in [0.4, 0.5) is 0 Å². The van der Waals surface area contributed by atoms with Gasteiger partial charge in [-0.25, -0.2) is 0 Å². The van der Waals surface area contributed by atoms with Crippen molar-refractivity contribution in [3.05, 3.63) is 47.5 Å². The van der Waals surface area contributed by atoms with Crippen molar-refractivity contribution < 1.29 is 23.7 Å². The highest BCUT2D eigenvalue weighted by Gasteiger charge is 2.17. The summed E-state index contributed by atoms with van der Waals surface area (Å²) in [5.74, 6) is 1.61. The zero-order valence-electron chi connectivity index (χ0n) is 17.2. The van der Waals surface area contributed by atoms with Gasteiger partial charge in [-0.05, 0) is 55.9 Å². The normalized spacial score (nSPS) is 10.3. The summed E-state index contributed by atoms with van der Waals surface area (Å²) >= 11 is 5.23. The van der Waals surface area contributed by atoms with Gasteiger partial charge in [0.2, 0.25) is 5.75 Å². The average Bonchev–Trinajstić information content (AvgIpc) is 2.71. The van der Waals surface area contributed by atoms with Crippen LogP contribution in [0.25, 0.3) is 0 Å². The van der Waals surface area contributed by atoms with Gasteiger partial charge in [0.25, 0.3) is 5.91 Å².